The van der Waals surface area contributed by atoms with Crippen LogP contribution in [0, 0.1) is 0 Å². The molecule has 3 rings (SSSR count). The number of aromatic nitrogens is 3. The second kappa shape index (κ2) is 7.79. The Hall–Kier alpha value is -2.60. The van der Waals surface area contributed by atoms with E-state index in [4.69, 9.17) is 0 Å². The zero-order valence-corrected chi connectivity index (χ0v) is 14.5. The smallest absolute Gasteiger partial charge is 0.225 e. The molecule has 0 aliphatic carbocycles. The largest absolute Gasteiger partial charge is 0.354 e. The van der Waals surface area contributed by atoms with Gasteiger partial charge in [0, 0.05) is 41.2 Å². The predicted molar refractivity (Wildman–Crippen MR) is 101 cm³/mol. The number of anilines is 3. The average molecular weight is 337 g/mol. The van der Waals surface area contributed by atoms with Crippen molar-refractivity contribution < 1.29 is 0 Å². The van der Waals surface area contributed by atoms with E-state index in [0.717, 1.165) is 29.3 Å². The lowest BCUT2D eigenvalue weighted by Gasteiger charge is -2.11. The minimum absolute atomic E-state index is 0.599. The first-order valence-electron chi connectivity index (χ1n) is 7.73. The van der Waals surface area contributed by atoms with Crippen molar-refractivity contribution in [2.75, 3.05) is 23.4 Å². The van der Waals surface area contributed by atoms with Crippen molar-refractivity contribution in [3.63, 3.8) is 0 Å². The van der Waals surface area contributed by atoms with E-state index in [-0.39, 0.29) is 0 Å². The Morgan fingerprint density at radius 1 is 1.08 bits per heavy atom. The Balaban J connectivity index is 1.95. The third-order valence-corrected chi connectivity index (χ3v) is 4.09. The lowest BCUT2D eigenvalue weighted by atomic mass is 10.2. The van der Waals surface area contributed by atoms with Crippen LogP contribution in [-0.4, -0.2) is 27.8 Å². The van der Waals surface area contributed by atoms with Crippen LogP contribution in [0.4, 0.5) is 17.5 Å². The van der Waals surface area contributed by atoms with Crippen LogP contribution < -0.4 is 10.6 Å². The molecule has 0 unspecified atom stereocenters. The standard InChI is InChI=1S/C18H19N5S/c1-3-20-18-22-16(13-6-5-9-19-12-13)11-17(23-18)21-14-7-4-8-15(10-14)24-2/h4-12H,3H2,1-2H3,(H2,20,21,22,23). The third kappa shape index (κ3) is 4.02. The van der Waals surface area contributed by atoms with Crippen LogP contribution in [0.15, 0.2) is 59.8 Å². The van der Waals surface area contributed by atoms with Gasteiger partial charge in [0.25, 0.3) is 0 Å². The van der Waals surface area contributed by atoms with E-state index in [1.807, 2.05) is 37.3 Å². The van der Waals surface area contributed by atoms with Crippen molar-refractivity contribution >= 4 is 29.2 Å². The molecule has 0 saturated carbocycles. The Morgan fingerprint density at radius 2 is 2.00 bits per heavy atom. The molecule has 0 spiro atoms. The molecule has 0 atom stereocenters. The summed E-state index contributed by atoms with van der Waals surface area (Å²) >= 11 is 1.71. The van der Waals surface area contributed by atoms with E-state index in [1.54, 1.807) is 24.2 Å². The second-order valence-corrected chi connectivity index (χ2v) is 5.97. The van der Waals surface area contributed by atoms with Gasteiger partial charge in [-0.15, -0.1) is 11.8 Å². The minimum Gasteiger partial charge on any atom is -0.354 e. The molecule has 24 heavy (non-hydrogen) atoms. The third-order valence-electron chi connectivity index (χ3n) is 3.36. The molecule has 0 radical (unpaired) electrons. The Kier molecular flexibility index (Phi) is 5.28. The molecule has 6 heteroatoms. The molecule has 0 aliphatic rings. The number of benzene rings is 1. The van der Waals surface area contributed by atoms with Gasteiger partial charge in [-0.2, -0.15) is 4.98 Å². The number of thioether (sulfide) groups is 1. The summed E-state index contributed by atoms with van der Waals surface area (Å²) in [6.07, 6.45) is 5.62. The molecule has 2 N–H and O–H groups in total. The predicted octanol–water partition coefficient (Wildman–Crippen LogP) is 4.44. The van der Waals surface area contributed by atoms with Gasteiger partial charge in [0.1, 0.15) is 5.82 Å². The van der Waals surface area contributed by atoms with Gasteiger partial charge in [-0.3, -0.25) is 4.98 Å². The molecular weight excluding hydrogens is 318 g/mol. The van der Waals surface area contributed by atoms with Crippen molar-refractivity contribution in [1.29, 1.82) is 0 Å². The summed E-state index contributed by atoms with van der Waals surface area (Å²) in [5.74, 6) is 1.35. The first kappa shape index (κ1) is 16.3. The number of pyridine rings is 1. The maximum atomic E-state index is 4.56. The number of rotatable bonds is 6. The normalized spacial score (nSPS) is 10.4. The monoisotopic (exact) mass is 337 g/mol. The molecule has 0 aliphatic heterocycles. The highest BCUT2D eigenvalue weighted by Gasteiger charge is 2.07. The zero-order chi connectivity index (χ0) is 16.8. The lowest BCUT2D eigenvalue weighted by molar-refractivity contribution is 1.09. The molecule has 2 aromatic heterocycles. The number of nitrogens with zero attached hydrogens (tertiary/aromatic N) is 3. The van der Waals surface area contributed by atoms with Crippen LogP contribution in [0.5, 0.6) is 0 Å². The van der Waals surface area contributed by atoms with E-state index in [0.29, 0.717) is 5.95 Å². The van der Waals surface area contributed by atoms with Crippen LogP contribution in [-0.2, 0) is 0 Å². The fourth-order valence-electron chi connectivity index (χ4n) is 2.26. The molecule has 3 aromatic rings. The second-order valence-electron chi connectivity index (χ2n) is 5.09. The van der Waals surface area contributed by atoms with E-state index in [2.05, 4.69) is 44.0 Å². The van der Waals surface area contributed by atoms with Crippen molar-refractivity contribution in [2.45, 2.75) is 11.8 Å². The molecule has 0 bridgehead atoms. The molecule has 122 valence electrons. The van der Waals surface area contributed by atoms with Crippen LogP contribution in [0.2, 0.25) is 0 Å². The fraction of sp³-hybridized carbons (Fsp3) is 0.167. The topological polar surface area (TPSA) is 62.7 Å². The Morgan fingerprint density at radius 3 is 2.75 bits per heavy atom. The highest BCUT2D eigenvalue weighted by Crippen LogP contribution is 2.25. The molecule has 5 nitrogen and oxygen atoms in total. The maximum absolute atomic E-state index is 4.56. The summed E-state index contributed by atoms with van der Waals surface area (Å²) in [5.41, 5.74) is 2.79. The maximum Gasteiger partial charge on any atom is 0.225 e. The van der Waals surface area contributed by atoms with Gasteiger partial charge in [0.05, 0.1) is 5.69 Å². The van der Waals surface area contributed by atoms with Crippen LogP contribution in [0.1, 0.15) is 6.92 Å². The van der Waals surface area contributed by atoms with Crippen LogP contribution >= 0.6 is 11.8 Å². The lowest BCUT2D eigenvalue weighted by Crippen LogP contribution is -2.05. The Labute approximate surface area is 146 Å². The fourth-order valence-corrected chi connectivity index (χ4v) is 2.72. The van der Waals surface area contributed by atoms with Crippen LogP contribution in [0.25, 0.3) is 11.3 Å². The summed E-state index contributed by atoms with van der Waals surface area (Å²) in [6.45, 7) is 2.78. The summed E-state index contributed by atoms with van der Waals surface area (Å²) in [5, 5.41) is 6.54. The summed E-state index contributed by atoms with van der Waals surface area (Å²) < 4.78 is 0. The molecule has 1 aromatic carbocycles. The Bertz CT molecular complexity index is 808. The molecule has 0 amide bonds. The van der Waals surface area contributed by atoms with E-state index in [9.17, 15) is 0 Å². The number of hydrogen-bond donors (Lipinski definition) is 2. The first-order valence-corrected chi connectivity index (χ1v) is 8.95. The van der Waals surface area contributed by atoms with Gasteiger partial charge in [0.15, 0.2) is 0 Å². The van der Waals surface area contributed by atoms with Crippen molar-refractivity contribution in [3.05, 3.63) is 54.9 Å². The highest BCUT2D eigenvalue weighted by atomic mass is 32.2. The quantitative estimate of drug-likeness (QED) is 0.649. The molecule has 0 fully saturated rings. The van der Waals surface area contributed by atoms with Crippen molar-refractivity contribution in [3.8, 4) is 11.3 Å². The first-order chi connectivity index (χ1) is 11.8. The van der Waals surface area contributed by atoms with Crippen molar-refractivity contribution in [1.82, 2.24) is 15.0 Å². The van der Waals surface area contributed by atoms with Gasteiger partial charge in [-0.1, -0.05) is 6.07 Å². The summed E-state index contributed by atoms with van der Waals surface area (Å²) in [6, 6.07) is 14.1. The van der Waals surface area contributed by atoms with Crippen LogP contribution in [0.3, 0.4) is 0 Å². The molecule has 0 saturated heterocycles. The number of nitrogens with one attached hydrogen (secondary N) is 2. The van der Waals surface area contributed by atoms with Gasteiger partial charge < -0.3 is 10.6 Å². The summed E-state index contributed by atoms with van der Waals surface area (Å²) in [4.78, 5) is 14.5. The van der Waals surface area contributed by atoms with E-state index < -0.39 is 0 Å². The van der Waals surface area contributed by atoms with E-state index >= 15 is 0 Å². The molecular formula is C18H19N5S. The highest BCUT2D eigenvalue weighted by molar-refractivity contribution is 7.98. The SMILES string of the molecule is CCNc1nc(Nc2cccc(SC)c2)cc(-c2cccnc2)n1. The summed E-state index contributed by atoms with van der Waals surface area (Å²) in [7, 11) is 0. The van der Waals surface area contributed by atoms with Gasteiger partial charge in [0.2, 0.25) is 5.95 Å². The van der Waals surface area contributed by atoms with Gasteiger partial charge in [-0.25, -0.2) is 4.98 Å². The number of hydrogen-bond acceptors (Lipinski definition) is 6. The van der Waals surface area contributed by atoms with Gasteiger partial charge in [-0.05, 0) is 43.5 Å². The van der Waals surface area contributed by atoms with Crippen molar-refractivity contribution in [2.24, 2.45) is 0 Å². The van der Waals surface area contributed by atoms with Gasteiger partial charge >= 0.3 is 0 Å². The molecule has 2 heterocycles. The minimum atomic E-state index is 0.599. The zero-order valence-electron chi connectivity index (χ0n) is 13.7. The average Bonchev–Trinajstić information content (AvgIpc) is 2.63. The van der Waals surface area contributed by atoms with E-state index in [1.165, 1.54) is 4.90 Å².